The molecule has 0 bridgehead atoms. The van der Waals surface area contributed by atoms with Crippen molar-refractivity contribution in [3.05, 3.63) is 53.6 Å². The number of sulfonamides is 1. The quantitative estimate of drug-likeness (QED) is 0.687. The number of esters is 1. The van der Waals surface area contributed by atoms with Crippen LogP contribution in [0.4, 0.5) is 0 Å². The Labute approximate surface area is 168 Å². The van der Waals surface area contributed by atoms with E-state index in [1.807, 2.05) is 0 Å². The zero-order valence-electron chi connectivity index (χ0n) is 15.6. The molecule has 0 aliphatic carbocycles. The maximum Gasteiger partial charge on any atom is 0.338 e. The first kappa shape index (κ1) is 19.7. The van der Waals surface area contributed by atoms with Crippen molar-refractivity contribution < 1.29 is 32.2 Å². The van der Waals surface area contributed by atoms with Crippen molar-refractivity contribution in [1.29, 1.82) is 0 Å². The maximum absolute atomic E-state index is 12.6. The van der Waals surface area contributed by atoms with Crippen molar-refractivity contribution in [3.63, 3.8) is 0 Å². The van der Waals surface area contributed by atoms with Crippen LogP contribution in [0.5, 0.6) is 11.5 Å². The van der Waals surface area contributed by atoms with E-state index in [-0.39, 0.29) is 36.5 Å². The third-order valence-electron chi connectivity index (χ3n) is 4.71. The van der Waals surface area contributed by atoms with Gasteiger partial charge in [-0.2, -0.15) is 0 Å². The monoisotopic (exact) mass is 419 g/mol. The number of fused-ring (bicyclic) bond motifs is 1. The van der Waals surface area contributed by atoms with E-state index in [1.54, 1.807) is 18.2 Å². The summed E-state index contributed by atoms with van der Waals surface area (Å²) in [5.74, 6) is 0.636. The molecular weight excluding hydrogens is 398 g/mol. The third-order valence-corrected chi connectivity index (χ3v) is 6.11. The highest BCUT2D eigenvalue weighted by Crippen LogP contribution is 2.32. The first-order valence-corrected chi connectivity index (χ1v) is 10.8. The molecule has 2 aromatic carbocycles. The van der Waals surface area contributed by atoms with Gasteiger partial charge in [0.2, 0.25) is 16.8 Å². The highest BCUT2D eigenvalue weighted by Gasteiger charge is 2.20. The van der Waals surface area contributed by atoms with Crippen LogP contribution in [0.1, 0.15) is 28.8 Å². The third kappa shape index (κ3) is 4.69. The molecule has 1 atom stereocenters. The van der Waals surface area contributed by atoms with Gasteiger partial charge < -0.3 is 18.9 Å². The van der Waals surface area contributed by atoms with Crippen molar-refractivity contribution in [3.8, 4) is 11.5 Å². The number of carbonyl (C=O) groups excluding carboxylic acids is 1. The van der Waals surface area contributed by atoms with E-state index in [4.69, 9.17) is 18.9 Å². The molecule has 0 spiro atoms. The number of hydrogen-bond donors (Lipinski definition) is 1. The first-order chi connectivity index (χ1) is 14.0. The lowest BCUT2D eigenvalue weighted by atomic mass is 10.2. The molecule has 2 aliphatic heterocycles. The molecule has 0 unspecified atom stereocenters. The largest absolute Gasteiger partial charge is 0.459 e. The van der Waals surface area contributed by atoms with E-state index in [0.717, 1.165) is 18.4 Å². The van der Waals surface area contributed by atoms with Gasteiger partial charge in [0.05, 0.1) is 16.6 Å². The summed E-state index contributed by atoms with van der Waals surface area (Å²) in [5.41, 5.74) is 0.902. The van der Waals surface area contributed by atoms with E-state index in [2.05, 4.69) is 4.72 Å². The standard InChI is InChI=1S/C20H21NO7S/c22-20(26-12-16-4-2-8-25-16)15-3-1-5-17(10-15)29(23,24)21-11-14-6-7-18-19(9-14)28-13-27-18/h1,3,5-7,9-10,16,21H,2,4,8,11-13H2/t16-/m1/s1. The van der Waals surface area contributed by atoms with Gasteiger partial charge in [0.15, 0.2) is 11.5 Å². The molecule has 154 valence electrons. The summed E-state index contributed by atoms with van der Waals surface area (Å²) in [4.78, 5) is 12.2. The second-order valence-electron chi connectivity index (χ2n) is 6.77. The lowest BCUT2D eigenvalue weighted by Gasteiger charge is -2.11. The summed E-state index contributed by atoms with van der Waals surface area (Å²) in [6.07, 6.45) is 1.71. The van der Waals surface area contributed by atoms with Gasteiger partial charge in [-0.15, -0.1) is 0 Å². The molecule has 2 aliphatic rings. The summed E-state index contributed by atoms with van der Waals surface area (Å²) in [6, 6.07) is 11.0. The summed E-state index contributed by atoms with van der Waals surface area (Å²) >= 11 is 0. The number of hydrogen-bond acceptors (Lipinski definition) is 7. The maximum atomic E-state index is 12.6. The van der Waals surface area contributed by atoms with Crippen LogP contribution in [0.3, 0.4) is 0 Å². The van der Waals surface area contributed by atoms with Gasteiger partial charge in [0.25, 0.3) is 0 Å². The smallest absolute Gasteiger partial charge is 0.338 e. The highest BCUT2D eigenvalue weighted by molar-refractivity contribution is 7.89. The van der Waals surface area contributed by atoms with E-state index in [1.165, 1.54) is 24.3 Å². The summed E-state index contributed by atoms with van der Waals surface area (Å²) < 4.78 is 49.0. The Kier molecular flexibility index (Phi) is 5.70. The zero-order valence-corrected chi connectivity index (χ0v) is 16.4. The van der Waals surface area contributed by atoms with Gasteiger partial charge in [-0.25, -0.2) is 17.9 Å². The fourth-order valence-corrected chi connectivity index (χ4v) is 4.19. The normalized spacial score (nSPS) is 18.0. The Balaban J connectivity index is 1.40. The fourth-order valence-electron chi connectivity index (χ4n) is 3.13. The zero-order chi connectivity index (χ0) is 20.3. The summed E-state index contributed by atoms with van der Waals surface area (Å²) in [5, 5.41) is 0. The van der Waals surface area contributed by atoms with Gasteiger partial charge in [-0.05, 0) is 48.7 Å². The van der Waals surface area contributed by atoms with E-state index >= 15 is 0 Å². The molecule has 4 rings (SSSR count). The first-order valence-electron chi connectivity index (χ1n) is 9.28. The van der Waals surface area contributed by atoms with Gasteiger partial charge in [-0.3, -0.25) is 0 Å². The van der Waals surface area contributed by atoms with Crippen LogP contribution in [0, 0.1) is 0 Å². The predicted octanol–water partition coefficient (Wildman–Crippen LogP) is 2.23. The number of ether oxygens (including phenoxy) is 4. The predicted molar refractivity (Wildman–Crippen MR) is 102 cm³/mol. The van der Waals surface area contributed by atoms with Gasteiger partial charge >= 0.3 is 5.97 Å². The summed E-state index contributed by atoms with van der Waals surface area (Å²) in [7, 11) is -3.81. The Bertz CT molecular complexity index is 1000. The molecule has 1 fully saturated rings. The molecule has 8 nitrogen and oxygen atoms in total. The molecule has 9 heteroatoms. The minimum absolute atomic E-state index is 0.00944. The Hall–Kier alpha value is -2.62. The minimum Gasteiger partial charge on any atom is -0.459 e. The SMILES string of the molecule is O=C(OC[C@H]1CCCO1)c1cccc(S(=O)(=O)NCc2ccc3c(c2)OCO3)c1. The highest BCUT2D eigenvalue weighted by atomic mass is 32.2. The van der Waals surface area contributed by atoms with E-state index < -0.39 is 16.0 Å². The number of nitrogens with one attached hydrogen (secondary N) is 1. The van der Waals surface area contributed by atoms with Crippen molar-refractivity contribution >= 4 is 16.0 Å². The average molecular weight is 419 g/mol. The topological polar surface area (TPSA) is 100 Å². The second-order valence-corrected chi connectivity index (χ2v) is 8.54. The van der Waals surface area contributed by atoms with Crippen LogP contribution < -0.4 is 14.2 Å². The van der Waals surface area contributed by atoms with Gasteiger partial charge in [-0.1, -0.05) is 12.1 Å². The molecule has 1 N–H and O–H groups in total. The molecule has 29 heavy (non-hydrogen) atoms. The van der Waals surface area contributed by atoms with Crippen molar-refractivity contribution in [2.75, 3.05) is 20.0 Å². The molecule has 2 aromatic rings. The molecule has 0 radical (unpaired) electrons. The molecule has 2 heterocycles. The fraction of sp³-hybridized carbons (Fsp3) is 0.350. The summed E-state index contributed by atoms with van der Waals surface area (Å²) in [6.45, 7) is 1.07. The molecular formula is C20H21NO7S. The van der Waals surface area contributed by atoms with E-state index in [0.29, 0.717) is 18.1 Å². The lowest BCUT2D eigenvalue weighted by Crippen LogP contribution is -2.23. The van der Waals surface area contributed by atoms with Crippen LogP contribution in [-0.4, -0.2) is 40.5 Å². The number of carbonyl (C=O) groups is 1. The van der Waals surface area contributed by atoms with Crippen LogP contribution in [0.15, 0.2) is 47.4 Å². The molecule has 0 amide bonds. The lowest BCUT2D eigenvalue weighted by molar-refractivity contribution is 0.0161. The molecule has 0 aromatic heterocycles. The van der Waals surface area contributed by atoms with Gasteiger partial charge in [0, 0.05) is 13.2 Å². The van der Waals surface area contributed by atoms with Crippen molar-refractivity contribution in [2.45, 2.75) is 30.4 Å². The Morgan fingerprint density at radius 2 is 2.00 bits per heavy atom. The van der Waals surface area contributed by atoms with Crippen LogP contribution in [0.25, 0.3) is 0 Å². The molecule has 0 saturated carbocycles. The van der Waals surface area contributed by atoms with E-state index in [9.17, 15) is 13.2 Å². The van der Waals surface area contributed by atoms with Gasteiger partial charge in [0.1, 0.15) is 6.61 Å². The van der Waals surface area contributed by atoms with Crippen molar-refractivity contribution in [2.24, 2.45) is 0 Å². The average Bonchev–Trinajstić information content (AvgIpc) is 3.42. The van der Waals surface area contributed by atoms with Crippen LogP contribution >= 0.6 is 0 Å². The minimum atomic E-state index is -3.81. The number of benzene rings is 2. The Morgan fingerprint density at radius 3 is 2.83 bits per heavy atom. The molecule has 1 saturated heterocycles. The van der Waals surface area contributed by atoms with Crippen molar-refractivity contribution in [1.82, 2.24) is 4.72 Å². The number of rotatable bonds is 7. The second kappa shape index (κ2) is 8.40. The Morgan fingerprint density at radius 1 is 1.14 bits per heavy atom. The van der Waals surface area contributed by atoms with Crippen LogP contribution in [-0.2, 0) is 26.0 Å². The van der Waals surface area contributed by atoms with Crippen LogP contribution in [0.2, 0.25) is 0 Å².